The molecule has 0 saturated heterocycles. The Morgan fingerprint density at radius 1 is 1.20 bits per heavy atom. The van der Waals surface area contributed by atoms with Gasteiger partial charge in [-0.1, -0.05) is 29.8 Å². The van der Waals surface area contributed by atoms with Crippen LogP contribution in [-0.4, -0.2) is 15.6 Å². The highest BCUT2D eigenvalue weighted by molar-refractivity contribution is 6.37. The van der Waals surface area contributed by atoms with E-state index in [0.29, 0.717) is 28.0 Å². The smallest absolute Gasteiger partial charge is 0.354 e. The van der Waals surface area contributed by atoms with Gasteiger partial charge in [0.2, 0.25) is 0 Å². The van der Waals surface area contributed by atoms with Crippen LogP contribution < -0.4 is 11.0 Å². The first kappa shape index (κ1) is 14.5. The molecule has 2 aromatic carbocycles. The van der Waals surface area contributed by atoms with Crippen LogP contribution in [0.1, 0.15) is 12.8 Å². The molecule has 4 aromatic rings. The minimum absolute atomic E-state index is 0.344. The summed E-state index contributed by atoms with van der Waals surface area (Å²) in [6.45, 7) is 0. The molecule has 2 aromatic heterocycles. The van der Waals surface area contributed by atoms with Crippen LogP contribution in [-0.2, 0) is 0 Å². The topological polar surface area (TPSA) is 60.1 Å². The summed E-state index contributed by atoms with van der Waals surface area (Å²) in [7, 11) is 0. The zero-order valence-corrected chi connectivity index (χ0v) is 14.0. The van der Waals surface area contributed by atoms with Crippen LogP contribution >= 0.6 is 11.6 Å². The van der Waals surface area contributed by atoms with Gasteiger partial charge in [0.15, 0.2) is 0 Å². The molecule has 5 rings (SSSR count). The molecule has 0 amide bonds. The summed E-state index contributed by atoms with van der Waals surface area (Å²) in [5, 5.41) is 5.49. The Kier molecular flexibility index (Phi) is 3.12. The summed E-state index contributed by atoms with van der Waals surface area (Å²) in [5.74, 6) is 0.561. The Hall–Kier alpha value is -2.79. The predicted molar refractivity (Wildman–Crippen MR) is 98.8 cm³/mol. The van der Waals surface area contributed by atoms with E-state index in [1.54, 1.807) is 10.8 Å². The Morgan fingerprint density at radius 3 is 2.76 bits per heavy atom. The first-order chi connectivity index (χ1) is 12.2. The van der Waals surface area contributed by atoms with E-state index in [1.165, 1.54) is 0 Å². The normalized spacial score (nSPS) is 14.3. The quantitative estimate of drug-likeness (QED) is 0.595. The van der Waals surface area contributed by atoms with E-state index in [2.05, 4.69) is 10.3 Å². The number of hydrogen-bond donors (Lipinski definition) is 1. The first-order valence-corrected chi connectivity index (χ1v) is 8.54. The highest BCUT2D eigenvalue weighted by Gasteiger charge is 2.25. The third-order valence-electron chi connectivity index (χ3n) is 4.48. The van der Waals surface area contributed by atoms with Crippen LogP contribution in [0, 0.1) is 0 Å². The lowest BCUT2D eigenvalue weighted by atomic mass is 10.1. The maximum Gasteiger partial charge on any atom is 0.354 e. The average Bonchev–Trinajstić information content (AvgIpc) is 3.28. The van der Waals surface area contributed by atoms with Gasteiger partial charge in [0.1, 0.15) is 11.4 Å². The molecule has 1 saturated carbocycles. The third kappa shape index (κ3) is 2.31. The van der Waals surface area contributed by atoms with Gasteiger partial charge in [-0.15, -0.1) is 0 Å². The van der Waals surface area contributed by atoms with Crippen LogP contribution in [0.3, 0.4) is 0 Å². The van der Waals surface area contributed by atoms with Crippen molar-refractivity contribution in [2.45, 2.75) is 18.9 Å². The molecule has 0 aliphatic heterocycles. The van der Waals surface area contributed by atoms with Crippen LogP contribution in [0.5, 0.6) is 0 Å². The molecule has 1 aliphatic rings. The number of anilines is 1. The predicted octanol–water partition coefficient (Wildman–Crippen LogP) is 4.36. The fraction of sp³-hybridized carbons (Fsp3) is 0.158. The average molecular weight is 352 g/mol. The largest absolute Gasteiger partial charge is 0.463 e. The Morgan fingerprint density at radius 2 is 2.00 bits per heavy atom. The Balaban J connectivity index is 1.94. The van der Waals surface area contributed by atoms with Gasteiger partial charge in [-0.3, -0.25) is 4.57 Å². The maximum atomic E-state index is 12.8. The minimum atomic E-state index is -0.344. The van der Waals surface area contributed by atoms with Crippen LogP contribution in [0.15, 0.2) is 57.9 Å². The molecule has 0 radical (unpaired) electrons. The van der Waals surface area contributed by atoms with Crippen molar-refractivity contribution >= 4 is 39.3 Å². The van der Waals surface area contributed by atoms with Gasteiger partial charge in [-0.2, -0.15) is 4.98 Å². The van der Waals surface area contributed by atoms with E-state index in [-0.39, 0.29) is 5.69 Å². The molecule has 1 aliphatic carbocycles. The monoisotopic (exact) mass is 351 g/mol. The summed E-state index contributed by atoms with van der Waals surface area (Å²) in [6, 6.07) is 13.4. The number of para-hydroxylation sites is 1. The van der Waals surface area contributed by atoms with Gasteiger partial charge in [0.25, 0.3) is 0 Å². The van der Waals surface area contributed by atoms with E-state index in [0.717, 1.165) is 29.3 Å². The van der Waals surface area contributed by atoms with Gasteiger partial charge >= 0.3 is 5.69 Å². The summed E-state index contributed by atoms with van der Waals surface area (Å²) in [6.07, 6.45) is 3.77. The number of rotatable bonds is 3. The van der Waals surface area contributed by atoms with E-state index in [9.17, 15) is 4.79 Å². The first-order valence-electron chi connectivity index (χ1n) is 8.17. The highest BCUT2D eigenvalue weighted by atomic mass is 35.5. The van der Waals surface area contributed by atoms with E-state index >= 15 is 0 Å². The van der Waals surface area contributed by atoms with Crippen molar-refractivity contribution in [2.75, 3.05) is 5.32 Å². The number of aromatic nitrogens is 2. The summed E-state index contributed by atoms with van der Waals surface area (Å²) < 4.78 is 7.28. The van der Waals surface area contributed by atoms with Crippen molar-refractivity contribution in [2.24, 2.45) is 0 Å². The number of benzene rings is 2. The van der Waals surface area contributed by atoms with Crippen molar-refractivity contribution in [3.8, 4) is 5.69 Å². The van der Waals surface area contributed by atoms with E-state index in [4.69, 9.17) is 16.0 Å². The van der Waals surface area contributed by atoms with Gasteiger partial charge in [-0.25, -0.2) is 4.79 Å². The molecule has 0 bridgehead atoms. The molecule has 25 heavy (non-hydrogen) atoms. The fourth-order valence-electron chi connectivity index (χ4n) is 3.14. The van der Waals surface area contributed by atoms with Crippen molar-refractivity contribution in [3.63, 3.8) is 0 Å². The number of fused-ring (bicyclic) bond motifs is 3. The van der Waals surface area contributed by atoms with Crippen LogP contribution in [0.4, 0.5) is 5.82 Å². The van der Waals surface area contributed by atoms with Gasteiger partial charge < -0.3 is 9.73 Å². The molecule has 0 atom stereocenters. The van der Waals surface area contributed by atoms with Crippen molar-refractivity contribution in [1.82, 2.24) is 9.55 Å². The van der Waals surface area contributed by atoms with Gasteiger partial charge in [0, 0.05) is 11.4 Å². The summed E-state index contributed by atoms with van der Waals surface area (Å²) in [4.78, 5) is 17.1. The Bertz CT molecular complexity index is 1160. The molecule has 124 valence electrons. The number of nitrogens with one attached hydrogen (secondary N) is 1. The van der Waals surface area contributed by atoms with Crippen molar-refractivity contribution in [3.05, 3.63) is 64.2 Å². The molecule has 2 heterocycles. The number of hydrogen-bond acceptors (Lipinski definition) is 4. The second-order valence-electron chi connectivity index (χ2n) is 6.25. The lowest BCUT2D eigenvalue weighted by Crippen LogP contribution is -2.24. The molecule has 0 spiro atoms. The van der Waals surface area contributed by atoms with Gasteiger partial charge in [0.05, 0.1) is 27.9 Å². The van der Waals surface area contributed by atoms with E-state index < -0.39 is 0 Å². The van der Waals surface area contributed by atoms with Crippen molar-refractivity contribution < 1.29 is 4.42 Å². The number of nitrogens with zero attached hydrogens (tertiary/aromatic N) is 2. The molecule has 1 N–H and O–H groups in total. The SMILES string of the molecule is O=c1nc(NC2CC2)c2c3occc3c(Cl)cc2n1-c1ccccc1. The fourth-order valence-corrected chi connectivity index (χ4v) is 3.39. The second kappa shape index (κ2) is 5.36. The Labute approximate surface area is 147 Å². The highest BCUT2D eigenvalue weighted by Crippen LogP contribution is 2.37. The third-order valence-corrected chi connectivity index (χ3v) is 4.79. The standard InChI is InChI=1S/C19H14ClN3O2/c20-14-10-15-16(17-13(14)8-9-25-17)18(21-11-6-7-11)22-19(24)23(15)12-4-2-1-3-5-12/h1-5,8-11H,6-7H2,(H,21,22,24). The molecule has 1 fully saturated rings. The maximum absolute atomic E-state index is 12.8. The zero-order valence-electron chi connectivity index (χ0n) is 13.2. The van der Waals surface area contributed by atoms with Crippen molar-refractivity contribution in [1.29, 1.82) is 0 Å². The molecular formula is C19H14ClN3O2. The van der Waals surface area contributed by atoms with Crippen LogP contribution in [0.2, 0.25) is 5.02 Å². The van der Waals surface area contributed by atoms with Crippen LogP contribution in [0.25, 0.3) is 27.6 Å². The molecule has 6 heteroatoms. The lowest BCUT2D eigenvalue weighted by Gasteiger charge is -2.14. The summed E-state index contributed by atoms with van der Waals surface area (Å²) >= 11 is 6.44. The second-order valence-corrected chi connectivity index (χ2v) is 6.66. The minimum Gasteiger partial charge on any atom is -0.463 e. The molecule has 0 unspecified atom stereocenters. The molecular weight excluding hydrogens is 338 g/mol. The van der Waals surface area contributed by atoms with Gasteiger partial charge in [-0.05, 0) is 37.1 Å². The molecule has 5 nitrogen and oxygen atoms in total. The zero-order chi connectivity index (χ0) is 17.0. The lowest BCUT2D eigenvalue weighted by molar-refractivity contribution is 0.619. The number of halogens is 1. The number of furan rings is 1. The van der Waals surface area contributed by atoms with E-state index in [1.807, 2.05) is 42.5 Å². The summed E-state index contributed by atoms with van der Waals surface area (Å²) in [5.41, 5.74) is 1.72.